The van der Waals surface area contributed by atoms with Crippen LogP contribution in [-0.2, 0) is 39.9 Å². The number of nitrogens with one attached hydrogen (secondary N) is 3. The first-order valence-corrected chi connectivity index (χ1v) is 14.0. The van der Waals surface area contributed by atoms with Crippen LogP contribution in [0.15, 0.2) is 36.4 Å². The lowest BCUT2D eigenvalue weighted by Gasteiger charge is -2.16. The minimum atomic E-state index is -0.308. The van der Waals surface area contributed by atoms with Crippen molar-refractivity contribution in [2.75, 3.05) is 38.2 Å². The lowest BCUT2D eigenvalue weighted by Crippen LogP contribution is -2.36. The second kappa shape index (κ2) is 17.1. The Hall–Kier alpha value is -3.86. The maximum atomic E-state index is 12.3. The number of hydrogen-bond donors (Lipinski definition) is 3. The smallest absolute Gasteiger partial charge is 0.233 e. The highest BCUT2D eigenvalue weighted by Gasteiger charge is 2.39. The third kappa shape index (κ3) is 12.0. The number of likely N-dealkylation sites (tertiary alicyclic amines) is 1. The molecule has 0 radical (unpaired) electrons. The molecule has 1 fully saturated rings. The van der Waals surface area contributed by atoms with Crippen LogP contribution in [0.4, 0.5) is 5.69 Å². The standard InChI is InChI=1S/C30H42N4O7/c1-20(2)24-19-29(39)34(30(24)40)16-12-27(37)32-15-18-41-17-13-28(38)33-23-8-5-22(6-9-23)7-10-26(36)31-14-11-25(35)21(3)4/h5-6,8-9,20,24H,3,7,10-19H2,1-2,4H3,(H,31,36)(H,32,37)(H,33,38). The fraction of sp³-hybridized carbons (Fsp3) is 0.533. The van der Waals surface area contributed by atoms with Crippen molar-refractivity contribution in [1.29, 1.82) is 0 Å². The predicted molar refractivity (Wildman–Crippen MR) is 154 cm³/mol. The molecular formula is C30H42N4O7. The van der Waals surface area contributed by atoms with E-state index in [9.17, 15) is 28.8 Å². The van der Waals surface area contributed by atoms with Gasteiger partial charge in [0.2, 0.25) is 29.5 Å². The quantitative estimate of drug-likeness (QED) is 0.139. The molecule has 1 aliphatic rings. The highest BCUT2D eigenvalue weighted by molar-refractivity contribution is 6.03. The van der Waals surface area contributed by atoms with Crippen molar-refractivity contribution in [2.45, 2.75) is 59.3 Å². The Morgan fingerprint density at radius 2 is 1.59 bits per heavy atom. The van der Waals surface area contributed by atoms with Gasteiger partial charge in [0.1, 0.15) is 0 Å². The van der Waals surface area contributed by atoms with E-state index in [4.69, 9.17) is 4.74 Å². The average molecular weight is 571 g/mol. The molecule has 11 nitrogen and oxygen atoms in total. The molecule has 1 saturated heterocycles. The van der Waals surface area contributed by atoms with Crippen molar-refractivity contribution >= 4 is 41.0 Å². The summed E-state index contributed by atoms with van der Waals surface area (Å²) in [5, 5.41) is 8.19. The second-order valence-corrected chi connectivity index (χ2v) is 10.4. The average Bonchev–Trinajstić information content (AvgIpc) is 3.21. The third-order valence-corrected chi connectivity index (χ3v) is 6.72. The highest BCUT2D eigenvalue weighted by Crippen LogP contribution is 2.26. The molecule has 11 heteroatoms. The van der Waals surface area contributed by atoms with E-state index >= 15 is 0 Å². The first-order chi connectivity index (χ1) is 19.5. The SMILES string of the molecule is C=C(C)C(=O)CCNC(=O)CCc1ccc(NC(=O)CCOCCNC(=O)CCN2C(=O)CC(C(C)C)C2=O)cc1. The van der Waals surface area contributed by atoms with E-state index in [-0.39, 0.29) is 106 Å². The van der Waals surface area contributed by atoms with Gasteiger partial charge in [0.25, 0.3) is 0 Å². The van der Waals surface area contributed by atoms with Crippen molar-refractivity contribution in [3.63, 3.8) is 0 Å². The van der Waals surface area contributed by atoms with Crippen molar-refractivity contribution in [3.05, 3.63) is 42.0 Å². The van der Waals surface area contributed by atoms with E-state index < -0.39 is 0 Å². The Morgan fingerprint density at radius 1 is 0.927 bits per heavy atom. The number of ether oxygens (including phenoxy) is 1. The highest BCUT2D eigenvalue weighted by atomic mass is 16.5. The lowest BCUT2D eigenvalue weighted by atomic mass is 9.94. The number of nitrogens with zero attached hydrogens (tertiary/aromatic N) is 1. The third-order valence-electron chi connectivity index (χ3n) is 6.72. The summed E-state index contributed by atoms with van der Waals surface area (Å²) in [4.78, 5) is 73.2. The van der Waals surface area contributed by atoms with Gasteiger partial charge in [-0.25, -0.2) is 0 Å². The Morgan fingerprint density at radius 3 is 2.22 bits per heavy atom. The summed E-state index contributed by atoms with van der Waals surface area (Å²) in [6.45, 7) is 10.1. The summed E-state index contributed by atoms with van der Waals surface area (Å²) in [6, 6.07) is 7.20. The Kier molecular flexibility index (Phi) is 13.9. The molecule has 0 aliphatic carbocycles. The van der Waals surface area contributed by atoms with E-state index in [0.29, 0.717) is 24.1 Å². The number of ketones is 1. The van der Waals surface area contributed by atoms with Crippen LogP contribution in [-0.4, -0.2) is 73.1 Å². The zero-order valence-corrected chi connectivity index (χ0v) is 24.3. The molecule has 0 saturated carbocycles. The number of anilines is 1. The number of amides is 5. The van der Waals surface area contributed by atoms with Gasteiger partial charge in [-0.15, -0.1) is 0 Å². The Balaban J connectivity index is 1.54. The van der Waals surface area contributed by atoms with E-state index in [0.717, 1.165) is 5.56 Å². The minimum Gasteiger partial charge on any atom is -0.379 e. The fourth-order valence-electron chi connectivity index (χ4n) is 4.15. The van der Waals surface area contributed by atoms with Gasteiger partial charge in [0.05, 0.1) is 19.6 Å². The summed E-state index contributed by atoms with van der Waals surface area (Å²) < 4.78 is 5.42. The number of aryl methyl sites for hydroxylation is 1. The Labute approximate surface area is 241 Å². The summed E-state index contributed by atoms with van der Waals surface area (Å²) in [5.41, 5.74) is 2.05. The van der Waals surface area contributed by atoms with E-state index in [2.05, 4.69) is 22.5 Å². The molecular weight excluding hydrogens is 528 g/mol. The molecule has 2 rings (SSSR count). The molecule has 224 valence electrons. The normalized spacial score (nSPS) is 14.7. The van der Waals surface area contributed by atoms with Gasteiger partial charge in [-0.2, -0.15) is 0 Å². The summed E-state index contributed by atoms with van der Waals surface area (Å²) in [7, 11) is 0. The minimum absolute atomic E-state index is 0.0364. The van der Waals surface area contributed by atoms with Gasteiger partial charge in [-0.1, -0.05) is 32.6 Å². The Bertz CT molecular complexity index is 1110. The monoisotopic (exact) mass is 570 g/mol. The van der Waals surface area contributed by atoms with Crippen LogP contribution in [0, 0.1) is 11.8 Å². The number of allylic oxidation sites excluding steroid dienone is 1. The zero-order valence-electron chi connectivity index (χ0n) is 24.3. The topological polar surface area (TPSA) is 151 Å². The molecule has 0 bridgehead atoms. The maximum absolute atomic E-state index is 12.3. The summed E-state index contributed by atoms with van der Waals surface area (Å²) in [6.07, 6.45) is 1.44. The van der Waals surface area contributed by atoms with Gasteiger partial charge >= 0.3 is 0 Å². The van der Waals surface area contributed by atoms with Crippen LogP contribution >= 0.6 is 0 Å². The first kappa shape index (κ1) is 33.3. The fourth-order valence-corrected chi connectivity index (χ4v) is 4.15. The second-order valence-electron chi connectivity index (χ2n) is 10.4. The summed E-state index contributed by atoms with van der Waals surface area (Å²) >= 11 is 0. The van der Waals surface area contributed by atoms with Crippen LogP contribution < -0.4 is 16.0 Å². The molecule has 5 amide bonds. The number of carbonyl (C=O) groups excluding carboxylic acids is 6. The van der Waals surface area contributed by atoms with Gasteiger partial charge in [0, 0.05) is 56.9 Å². The molecule has 1 aliphatic heterocycles. The van der Waals surface area contributed by atoms with Gasteiger partial charge in [-0.05, 0) is 42.5 Å². The molecule has 1 atom stereocenters. The van der Waals surface area contributed by atoms with Gasteiger partial charge in [-0.3, -0.25) is 33.7 Å². The van der Waals surface area contributed by atoms with E-state index in [1.165, 1.54) is 4.90 Å². The van der Waals surface area contributed by atoms with Crippen LogP contribution in [0.2, 0.25) is 0 Å². The molecule has 1 aromatic carbocycles. The molecule has 0 aromatic heterocycles. The van der Waals surface area contributed by atoms with Crippen molar-refractivity contribution in [2.24, 2.45) is 11.8 Å². The van der Waals surface area contributed by atoms with Crippen molar-refractivity contribution in [3.8, 4) is 0 Å². The molecule has 3 N–H and O–H groups in total. The molecule has 41 heavy (non-hydrogen) atoms. The van der Waals surface area contributed by atoms with Crippen LogP contribution in [0.1, 0.15) is 58.4 Å². The van der Waals surface area contributed by atoms with Crippen molar-refractivity contribution in [1.82, 2.24) is 15.5 Å². The predicted octanol–water partition coefficient (Wildman–Crippen LogP) is 2.15. The molecule has 1 aromatic rings. The number of benzene rings is 1. The van der Waals surface area contributed by atoms with Crippen molar-refractivity contribution < 1.29 is 33.5 Å². The maximum Gasteiger partial charge on any atom is 0.233 e. The van der Waals surface area contributed by atoms with E-state index in [1.807, 2.05) is 26.0 Å². The number of Topliss-reactive ketones (excluding diaryl/α,β-unsaturated/α-hetero) is 1. The van der Waals surface area contributed by atoms with Gasteiger partial charge in [0.15, 0.2) is 5.78 Å². The largest absolute Gasteiger partial charge is 0.379 e. The molecule has 0 spiro atoms. The number of imide groups is 1. The van der Waals surface area contributed by atoms with Crippen LogP contribution in [0.25, 0.3) is 0 Å². The van der Waals surface area contributed by atoms with Gasteiger partial charge < -0.3 is 20.7 Å². The molecule has 1 unspecified atom stereocenters. The number of carbonyl (C=O) groups is 6. The lowest BCUT2D eigenvalue weighted by molar-refractivity contribution is -0.140. The zero-order chi connectivity index (χ0) is 30.4. The summed E-state index contributed by atoms with van der Waals surface area (Å²) in [5.74, 6) is -1.36. The van der Waals surface area contributed by atoms with Crippen LogP contribution in [0.5, 0.6) is 0 Å². The molecule has 1 heterocycles. The van der Waals surface area contributed by atoms with E-state index in [1.54, 1.807) is 19.1 Å². The van der Waals surface area contributed by atoms with Crippen LogP contribution in [0.3, 0.4) is 0 Å². The first-order valence-electron chi connectivity index (χ1n) is 14.0. The number of rotatable bonds is 18. The number of hydrogen-bond acceptors (Lipinski definition) is 7.